The van der Waals surface area contributed by atoms with Gasteiger partial charge in [0.25, 0.3) is 0 Å². The molecule has 0 saturated carbocycles. The molecule has 0 unspecified atom stereocenters. The third kappa shape index (κ3) is 3.53. The highest BCUT2D eigenvalue weighted by molar-refractivity contribution is 7.14. The summed E-state index contributed by atoms with van der Waals surface area (Å²) in [7, 11) is 7.48. The first-order chi connectivity index (χ1) is 13.8. The topological polar surface area (TPSA) is 83.8 Å². The van der Waals surface area contributed by atoms with E-state index in [9.17, 15) is 5.11 Å². The second-order valence-electron chi connectivity index (χ2n) is 7.21. The number of fused-ring (bicyclic) bond motifs is 1. The van der Waals surface area contributed by atoms with Gasteiger partial charge in [-0.1, -0.05) is 0 Å². The zero-order valence-corrected chi connectivity index (χ0v) is 17.9. The lowest BCUT2D eigenvalue weighted by Gasteiger charge is -2.18. The van der Waals surface area contributed by atoms with Gasteiger partial charge in [-0.05, 0) is 24.6 Å². The molecule has 8 nitrogen and oxygen atoms in total. The number of ether oxygens (including phenoxy) is 2. The molecule has 2 aromatic heterocycles. The third-order valence-corrected chi connectivity index (χ3v) is 5.43. The first-order valence-corrected chi connectivity index (χ1v) is 10.0. The minimum Gasteiger partial charge on any atom is -0.506 e. The molecule has 1 N–H and O–H groups in total. The molecular weight excluding hydrogens is 390 g/mol. The Kier molecular flexibility index (Phi) is 4.91. The van der Waals surface area contributed by atoms with Crippen LogP contribution < -0.4 is 19.3 Å². The van der Waals surface area contributed by atoms with Crippen LogP contribution in [0.2, 0.25) is 0 Å². The lowest BCUT2D eigenvalue weighted by molar-refractivity contribution is 0.174. The number of phenols is 1. The van der Waals surface area contributed by atoms with E-state index in [0.29, 0.717) is 53.6 Å². The first kappa shape index (κ1) is 19.3. The zero-order valence-electron chi connectivity index (χ0n) is 17.1. The van der Waals surface area contributed by atoms with E-state index in [4.69, 9.17) is 9.47 Å². The summed E-state index contributed by atoms with van der Waals surface area (Å²) >= 11 is 1.48. The highest BCUT2D eigenvalue weighted by Gasteiger charge is 2.24. The van der Waals surface area contributed by atoms with Gasteiger partial charge in [0, 0.05) is 39.1 Å². The van der Waals surface area contributed by atoms with E-state index in [1.165, 1.54) is 11.3 Å². The number of hydrogen-bond acceptors (Lipinski definition) is 9. The summed E-state index contributed by atoms with van der Waals surface area (Å²) in [6.45, 7) is 2.99. The van der Waals surface area contributed by atoms with Crippen molar-refractivity contribution in [3.63, 3.8) is 0 Å². The smallest absolute Gasteiger partial charge is 0.230 e. The molecule has 1 aliphatic rings. The number of aromatic hydroxyl groups is 1. The summed E-state index contributed by atoms with van der Waals surface area (Å²) in [5.74, 6) is 2.95. The second kappa shape index (κ2) is 7.40. The van der Waals surface area contributed by atoms with Crippen LogP contribution in [0.15, 0.2) is 17.5 Å². The molecule has 0 bridgehead atoms. The molecule has 152 valence electrons. The van der Waals surface area contributed by atoms with E-state index in [2.05, 4.69) is 15.0 Å². The normalized spacial score (nSPS) is 12.7. The van der Waals surface area contributed by atoms with Crippen LogP contribution in [-0.2, 0) is 0 Å². The van der Waals surface area contributed by atoms with Crippen LogP contribution in [-0.4, -0.2) is 61.5 Å². The van der Waals surface area contributed by atoms with Crippen LogP contribution in [0.4, 0.5) is 11.9 Å². The van der Waals surface area contributed by atoms with Crippen molar-refractivity contribution in [2.45, 2.75) is 6.92 Å². The van der Waals surface area contributed by atoms with E-state index in [1.807, 2.05) is 62.4 Å². The fourth-order valence-corrected chi connectivity index (χ4v) is 3.99. The van der Waals surface area contributed by atoms with E-state index in [1.54, 1.807) is 0 Å². The Morgan fingerprint density at radius 2 is 1.55 bits per heavy atom. The average Bonchev–Trinajstić information content (AvgIpc) is 3.13. The Morgan fingerprint density at radius 1 is 0.931 bits per heavy atom. The van der Waals surface area contributed by atoms with E-state index >= 15 is 0 Å². The molecule has 9 heteroatoms. The summed E-state index contributed by atoms with van der Waals surface area (Å²) in [5.41, 5.74) is 2.20. The maximum absolute atomic E-state index is 11.2. The van der Waals surface area contributed by atoms with Gasteiger partial charge in [-0.25, -0.2) is 0 Å². The predicted octanol–water partition coefficient (Wildman–Crippen LogP) is 3.18. The molecule has 4 rings (SSSR count). The summed E-state index contributed by atoms with van der Waals surface area (Å²) in [6.07, 6.45) is 0. The maximum Gasteiger partial charge on any atom is 0.230 e. The summed E-state index contributed by atoms with van der Waals surface area (Å²) in [6, 6.07) is 3.81. The van der Waals surface area contributed by atoms with Crippen LogP contribution in [0.25, 0.3) is 21.8 Å². The molecule has 1 aromatic carbocycles. The van der Waals surface area contributed by atoms with Crippen LogP contribution in [0.1, 0.15) is 5.56 Å². The highest BCUT2D eigenvalue weighted by atomic mass is 32.1. The summed E-state index contributed by atoms with van der Waals surface area (Å²) < 4.78 is 11.5. The standard InChI is InChI=1S/C20H23N5O3S/c1-11-8-12(17-16-14(10-29-17)27-6-7-28-16)15(26)13(9-11)18-21-19(24(2)3)23-20(22-18)25(4)5/h8-10,26H,6-7H2,1-5H3. The van der Waals surface area contributed by atoms with Gasteiger partial charge < -0.3 is 24.4 Å². The molecular formula is C20H23N5O3S. The van der Waals surface area contributed by atoms with Gasteiger partial charge in [0.15, 0.2) is 17.3 Å². The molecule has 0 spiro atoms. The lowest BCUT2D eigenvalue weighted by atomic mass is 10.0. The van der Waals surface area contributed by atoms with Crippen molar-refractivity contribution in [3.8, 4) is 39.1 Å². The molecule has 0 fully saturated rings. The lowest BCUT2D eigenvalue weighted by Crippen LogP contribution is -2.19. The van der Waals surface area contributed by atoms with E-state index < -0.39 is 0 Å². The average molecular weight is 414 g/mol. The van der Waals surface area contributed by atoms with Crippen molar-refractivity contribution in [2.24, 2.45) is 0 Å². The number of aryl methyl sites for hydroxylation is 1. The number of anilines is 2. The van der Waals surface area contributed by atoms with Crippen LogP contribution in [0, 0.1) is 6.92 Å². The minimum absolute atomic E-state index is 0.107. The van der Waals surface area contributed by atoms with Crippen molar-refractivity contribution >= 4 is 23.2 Å². The molecule has 1 aliphatic heterocycles. The molecule has 0 aliphatic carbocycles. The van der Waals surface area contributed by atoms with Gasteiger partial charge in [0.1, 0.15) is 19.0 Å². The SMILES string of the molecule is Cc1cc(-c2nc(N(C)C)nc(N(C)C)n2)c(O)c(-c2scc3c2OCCO3)c1. The molecule has 0 radical (unpaired) electrons. The first-order valence-electron chi connectivity index (χ1n) is 9.17. The third-order valence-electron chi connectivity index (χ3n) is 4.45. The fourth-order valence-electron chi connectivity index (χ4n) is 3.05. The van der Waals surface area contributed by atoms with Crippen molar-refractivity contribution in [1.82, 2.24) is 15.0 Å². The Bertz CT molecular complexity index is 1040. The van der Waals surface area contributed by atoms with Crippen molar-refractivity contribution in [2.75, 3.05) is 51.2 Å². The number of nitrogens with zero attached hydrogens (tertiary/aromatic N) is 5. The number of phenolic OH excluding ortho intramolecular Hbond substituents is 1. The predicted molar refractivity (Wildman–Crippen MR) is 115 cm³/mol. The molecule has 0 amide bonds. The Hall–Kier alpha value is -3.07. The Morgan fingerprint density at radius 3 is 2.21 bits per heavy atom. The number of hydrogen-bond donors (Lipinski definition) is 1. The van der Waals surface area contributed by atoms with Crippen molar-refractivity contribution < 1.29 is 14.6 Å². The van der Waals surface area contributed by atoms with Crippen LogP contribution in [0.5, 0.6) is 17.2 Å². The highest BCUT2D eigenvalue weighted by Crippen LogP contribution is 2.50. The van der Waals surface area contributed by atoms with Gasteiger partial charge in [-0.15, -0.1) is 11.3 Å². The number of aromatic nitrogens is 3. The van der Waals surface area contributed by atoms with Crippen LogP contribution >= 0.6 is 11.3 Å². The Balaban J connectivity index is 1.90. The molecule has 29 heavy (non-hydrogen) atoms. The monoisotopic (exact) mass is 413 g/mol. The molecule has 3 aromatic rings. The van der Waals surface area contributed by atoms with Gasteiger partial charge in [0.05, 0.1) is 10.4 Å². The zero-order chi connectivity index (χ0) is 20.7. The summed E-state index contributed by atoms with van der Waals surface area (Å²) in [4.78, 5) is 18.0. The van der Waals surface area contributed by atoms with Gasteiger partial charge in [-0.2, -0.15) is 15.0 Å². The summed E-state index contributed by atoms with van der Waals surface area (Å²) in [5, 5.41) is 13.1. The molecule has 0 atom stereocenters. The second-order valence-corrected chi connectivity index (χ2v) is 8.09. The van der Waals surface area contributed by atoms with Gasteiger partial charge >= 0.3 is 0 Å². The van der Waals surface area contributed by atoms with Gasteiger partial charge in [-0.3, -0.25) is 0 Å². The molecule has 0 saturated heterocycles. The van der Waals surface area contributed by atoms with Crippen LogP contribution in [0.3, 0.4) is 0 Å². The minimum atomic E-state index is 0.107. The fraction of sp³-hybridized carbons (Fsp3) is 0.350. The van der Waals surface area contributed by atoms with Crippen molar-refractivity contribution in [1.29, 1.82) is 0 Å². The largest absolute Gasteiger partial charge is 0.506 e. The number of benzene rings is 1. The van der Waals surface area contributed by atoms with E-state index in [0.717, 1.165) is 10.4 Å². The number of rotatable bonds is 4. The quantitative estimate of drug-likeness (QED) is 0.698. The number of thiophene rings is 1. The van der Waals surface area contributed by atoms with E-state index in [-0.39, 0.29) is 5.75 Å². The van der Waals surface area contributed by atoms with Crippen molar-refractivity contribution in [3.05, 3.63) is 23.1 Å². The maximum atomic E-state index is 11.2. The Labute approximate surface area is 173 Å². The molecule has 3 heterocycles. The van der Waals surface area contributed by atoms with Gasteiger partial charge in [0.2, 0.25) is 11.9 Å².